The van der Waals surface area contributed by atoms with E-state index in [1.807, 2.05) is 6.07 Å². The molecule has 1 saturated heterocycles. The van der Waals surface area contributed by atoms with Crippen LogP contribution in [0.3, 0.4) is 0 Å². The van der Waals surface area contributed by atoms with Crippen LogP contribution >= 0.6 is 0 Å². The van der Waals surface area contributed by atoms with Crippen molar-refractivity contribution in [1.29, 1.82) is 0 Å². The number of anilines is 2. The molecule has 1 aromatic carbocycles. The molecule has 0 aliphatic carbocycles. The van der Waals surface area contributed by atoms with Crippen LogP contribution in [0.5, 0.6) is 5.75 Å². The van der Waals surface area contributed by atoms with Crippen LogP contribution in [0, 0.1) is 0 Å². The largest absolute Gasteiger partial charge is 0.495 e. The van der Waals surface area contributed by atoms with E-state index >= 15 is 0 Å². The Hall–Kier alpha value is -1.42. The highest BCUT2D eigenvalue weighted by Gasteiger charge is 2.22. The molecule has 1 heterocycles. The van der Waals surface area contributed by atoms with Crippen LogP contribution in [0.25, 0.3) is 0 Å². The summed E-state index contributed by atoms with van der Waals surface area (Å²) in [5.41, 5.74) is 7.81. The van der Waals surface area contributed by atoms with Gasteiger partial charge >= 0.3 is 0 Å². The van der Waals surface area contributed by atoms with Gasteiger partial charge in [-0.05, 0) is 38.6 Å². The van der Waals surface area contributed by atoms with Crippen molar-refractivity contribution in [3.05, 3.63) is 18.2 Å². The zero-order valence-electron chi connectivity index (χ0n) is 12.2. The second-order valence-corrected chi connectivity index (χ2v) is 5.30. The number of nitrogens with two attached hydrogens (primary N) is 1. The first-order chi connectivity index (χ1) is 9.15. The second kappa shape index (κ2) is 6.15. The van der Waals surface area contributed by atoms with Crippen molar-refractivity contribution in [2.75, 3.05) is 44.4 Å². The van der Waals surface area contributed by atoms with E-state index in [1.54, 1.807) is 7.11 Å². The Morgan fingerprint density at radius 2 is 2.16 bits per heavy atom. The molecule has 4 heteroatoms. The van der Waals surface area contributed by atoms with E-state index in [0.717, 1.165) is 25.3 Å². The number of nitrogens with zero attached hydrogens (tertiary/aromatic N) is 2. The molecule has 0 aromatic heterocycles. The number of benzene rings is 1. The van der Waals surface area contributed by atoms with Gasteiger partial charge in [0, 0.05) is 30.9 Å². The first-order valence-corrected chi connectivity index (χ1v) is 7.04. The van der Waals surface area contributed by atoms with Crippen molar-refractivity contribution in [2.24, 2.45) is 0 Å². The first kappa shape index (κ1) is 14.0. The van der Waals surface area contributed by atoms with E-state index in [9.17, 15) is 0 Å². The van der Waals surface area contributed by atoms with Gasteiger partial charge in [-0.2, -0.15) is 0 Å². The van der Waals surface area contributed by atoms with Crippen LogP contribution in [0.4, 0.5) is 11.4 Å². The van der Waals surface area contributed by atoms with Crippen molar-refractivity contribution >= 4 is 11.4 Å². The maximum Gasteiger partial charge on any atom is 0.143 e. The maximum absolute atomic E-state index is 5.90. The van der Waals surface area contributed by atoms with Crippen molar-refractivity contribution in [1.82, 2.24) is 4.90 Å². The minimum Gasteiger partial charge on any atom is -0.495 e. The first-order valence-electron chi connectivity index (χ1n) is 7.04. The highest BCUT2D eigenvalue weighted by molar-refractivity contribution is 5.62. The van der Waals surface area contributed by atoms with Gasteiger partial charge in [-0.15, -0.1) is 0 Å². The summed E-state index contributed by atoms with van der Waals surface area (Å²) in [5, 5.41) is 0. The fraction of sp³-hybridized carbons (Fsp3) is 0.600. The normalized spacial score (nSPS) is 21.2. The molecule has 0 bridgehead atoms. The molecule has 1 aliphatic heterocycles. The third kappa shape index (κ3) is 3.13. The van der Waals surface area contributed by atoms with E-state index in [1.165, 1.54) is 18.7 Å². The lowest BCUT2D eigenvalue weighted by atomic mass is 10.1. The van der Waals surface area contributed by atoms with E-state index in [4.69, 9.17) is 10.5 Å². The Labute approximate surface area is 116 Å². The van der Waals surface area contributed by atoms with E-state index in [-0.39, 0.29) is 0 Å². The van der Waals surface area contributed by atoms with Crippen LogP contribution in [-0.4, -0.2) is 44.7 Å². The fourth-order valence-corrected chi connectivity index (χ4v) is 2.81. The third-order valence-corrected chi connectivity index (χ3v) is 3.92. The maximum atomic E-state index is 5.90. The Balaban J connectivity index is 2.27. The van der Waals surface area contributed by atoms with Crippen LogP contribution in [0.15, 0.2) is 18.2 Å². The zero-order chi connectivity index (χ0) is 13.8. The van der Waals surface area contributed by atoms with Gasteiger partial charge in [-0.3, -0.25) is 0 Å². The molecule has 106 valence electrons. The molecule has 1 aromatic rings. The summed E-state index contributed by atoms with van der Waals surface area (Å²) < 4.78 is 5.34. The quantitative estimate of drug-likeness (QED) is 0.849. The number of methoxy groups -OCH3 is 1. The Bertz CT molecular complexity index is 422. The summed E-state index contributed by atoms with van der Waals surface area (Å²) in [6.45, 7) is 5.63. The van der Waals surface area contributed by atoms with Crippen LogP contribution in [0.2, 0.25) is 0 Å². The molecular formula is C15H25N3O. The molecular weight excluding hydrogens is 238 g/mol. The lowest BCUT2D eigenvalue weighted by Gasteiger charge is -2.32. The molecule has 0 radical (unpaired) electrons. The minimum absolute atomic E-state index is 0.556. The van der Waals surface area contributed by atoms with Crippen molar-refractivity contribution in [3.8, 4) is 5.75 Å². The monoisotopic (exact) mass is 263 g/mol. The van der Waals surface area contributed by atoms with E-state index in [0.29, 0.717) is 11.7 Å². The molecule has 0 spiro atoms. The highest BCUT2D eigenvalue weighted by Crippen LogP contribution is 2.30. The third-order valence-electron chi connectivity index (χ3n) is 3.92. The van der Waals surface area contributed by atoms with Gasteiger partial charge in [0.1, 0.15) is 5.75 Å². The summed E-state index contributed by atoms with van der Waals surface area (Å²) in [6, 6.07) is 6.66. The van der Waals surface area contributed by atoms with E-state index in [2.05, 4.69) is 35.9 Å². The molecule has 1 fully saturated rings. The van der Waals surface area contributed by atoms with Gasteiger partial charge in [-0.25, -0.2) is 0 Å². The number of ether oxygens (including phenoxy) is 1. The molecule has 0 saturated carbocycles. The van der Waals surface area contributed by atoms with Gasteiger partial charge in [0.2, 0.25) is 0 Å². The molecule has 1 aliphatic rings. The predicted octanol–water partition coefficient (Wildman–Crippen LogP) is 2.20. The Morgan fingerprint density at radius 3 is 2.84 bits per heavy atom. The van der Waals surface area contributed by atoms with Crippen molar-refractivity contribution < 1.29 is 4.74 Å². The van der Waals surface area contributed by atoms with Crippen LogP contribution in [0.1, 0.15) is 19.8 Å². The van der Waals surface area contributed by atoms with E-state index < -0.39 is 0 Å². The molecule has 2 N–H and O–H groups in total. The standard InChI is InChI=1S/C15H25N3O/c1-4-12-11-17(2)8-5-9-18(12)13-6-7-14(16)15(10-13)19-3/h6-7,10,12H,4-5,8-9,11,16H2,1-3H3. The van der Waals surface area contributed by atoms with Crippen LogP contribution < -0.4 is 15.4 Å². The van der Waals surface area contributed by atoms with Crippen LogP contribution in [-0.2, 0) is 0 Å². The summed E-state index contributed by atoms with van der Waals surface area (Å²) in [4.78, 5) is 4.91. The van der Waals surface area contributed by atoms with Gasteiger partial charge in [-0.1, -0.05) is 6.92 Å². The SMILES string of the molecule is CCC1CN(C)CCCN1c1ccc(N)c(OC)c1. The molecule has 4 nitrogen and oxygen atoms in total. The zero-order valence-corrected chi connectivity index (χ0v) is 12.2. The molecule has 1 unspecified atom stereocenters. The average Bonchev–Trinajstić information content (AvgIpc) is 2.60. The summed E-state index contributed by atoms with van der Waals surface area (Å²) in [5.74, 6) is 0.768. The predicted molar refractivity (Wildman–Crippen MR) is 80.9 cm³/mol. The lowest BCUT2D eigenvalue weighted by Crippen LogP contribution is -2.39. The molecule has 19 heavy (non-hydrogen) atoms. The average molecular weight is 263 g/mol. The van der Waals surface area contributed by atoms with Gasteiger partial charge in [0.25, 0.3) is 0 Å². The minimum atomic E-state index is 0.556. The summed E-state index contributed by atoms with van der Waals surface area (Å²) in [6.07, 6.45) is 2.34. The Morgan fingerprint density at radius 1 is 1.37 bits per heavy atom. The number of rotatable bonds is 3. The summed E-state index contributed by atoms with van der Waals surface area (Å²) >= 11 is 0. The van der Waals surface area contributed by atoms with Gasteiger partial charge in [0.15, 0.2) is 0 Å². The second-order valence-electron chi connectivity index (χ2n) is 5.30. The molecule has 0 amide bonds. The smallest absolute Gasteiger partial charge is 0.143 e. The van der Waals surface area contributed by atoms with Crippen molar-refractivity contribution in [3.63, 3.8) is 0 Å². The number of likely N-dealkylation sites (N-methyl/N-ethyl adjacent to an activating group) is 1. The Kier molecular flexibility index (Phi) is 4.53. The lowest BCUT2D eigenvalue weighted by molar-refractivity contribution is 0.328. The number of hydrogen-bond acceptors (Lipinski definition) is 4. The van der Waals surface area contributed by atoms with Gasteiger partial charge in [0.05, 0.1) is 12.8 Å². The number of nitrogen functional groups attached to an aromatic ring is 1. The number of hydrogen-bond donors (Lipinski definition) is 1. The van der Waals surface area contributed by atoms with Crippen molar-refractivity contribution in [2.45, 2.75) is 25.8 Å². The van der Waals surface area contributed by atoms with Gasteiger partial charge < -0.3 is 20.3 Å². The summed E-state index contributed by atoms with van der Waals surface area (Å²) in [7, 11) is 3.87. The molecule has 1 atom stereocenters. The highest BCUT2D eigenvalue weighted by atomic mass is 16.5. The molecule has 2 rings (SSSR count). The topological polar surface area (TPSA) is 41.7 Å². The fourth-order valence-electron chi connectivity index (χ4n) is 2.81.